The first-order valence-corrected chi connectivity index (χ1v) is 6.96. The van der Waals surface area contributed by atoms with Crippen LogP contribution in [0.3, 0.4) is 0 Å². The highest BCUT2D eigenvalue weighted by Crippen LogP contribution is 2.11. The molecule has 0 atom stereocenters. The van der Waals surface area contributed by atoms with Gasteiger partial charge in [-0.05, 0) is 25.0 Å². The molecule has 5 heteroatoms. The van der Waals surface area contributed by atoms with E-state index in [-0.39, 0.29) is 5.91 Å². The third-order valence-corrected chi connectivity index (χ3v) is 3.12. The number of hydrogen-bond donors (Lipinski definition) is 2. The van der Waals surface area contributed by atoms with Crippen LogP contribution in [0.1, 0.15) is 25.5 Å². The first kappa shape index (κ1) is 13.8. The Labute approximate surface area is 114 Å². The second kappa shape index (κ2) is 7.09. The average molecular weight is 262 g/mol. The summed E-state index contributed by atoms with van der Waals surface area (Å²) >= 11 is 0. The van der Waals surface area contributed by atoms with E-state index in [0.717, 1.165) is 50.4 Å². The van der Waals surface area contributed by atoms with Gasteiger partial charge in [-0.25, -0.2) is 0 Å². The number of carbonyl (C=O) groups is 1. The Balaban J connectivity index is 1.95. The first-order valence-electron chi connectivity index (χ1n) is 6.96. The molecule has 1 aliphatic heterocycles. The zero-order chi connectivity index (χ0) is 13.5. The van der Waals surface area contributed by atoms with Gasteiger partial charge in [0.1, 0.15) is 0 Å². The van der Waals surface area contributed by atoms with Gasteiger partial charge in [0, 0.05) is 38.1 Å². The summed E-state index contributed by atoms with van der Waals surface area (Å²) in [4.78, 5) is 18.0. The van der Waals surface area contributed by atoms with Crippen molar-refractivity contribution >= 4 is 11.6 Å². The zero-order valence-corrected chi connectivity index (χ0v) is 11.5. The van der Waals surface area contributed by atoms with Gasteiger partial charge in [0.05, 0.1) is 12.2 Å². The van der Waals surface area contributed by atoms with Crippen LogP contribution in [0, 0.1) is 0 Å². The van der Waals surface area contributed by atoms with E-state index in [0.29, 0.717) is 6.54 Å². The summed E-state index contributed by atoms with van der Waals surface area (Å²) in [5.41, 5.74) is 2.11. The third-order valence-electron chi connectivity index (χ3n) is 3.12. The first-order chi connectivity index (χ1) is 9.28. The zero-order valence-electron chi connectivity index (χ0n) is 11.5. The summed E-state index contributed by atoms with van der Waals surface area (Å²) in [7, 11) is 0. The molecule has 1 aromatic heterocycles. The minimum Gasteiger partial charge on any atom is -0.385 e. The molecule has 1 aliphatic rings. The lowest BCUT2D eigenvalue weighted by molar-refractivity contribution is -0.121. The fraction of sp³-hybridized carbons (Fsp3) is 0.571. The van der Waals surface area contributed by atoms with Crippen LogP contribution in [-0.2, 0) is 11.3 Å². The molecule has 0 bridgehead atoms. The van der Waals surface area contributed by atoms with E-state index in [1.807, 2.05) is 12.3 Å². The second-order valence-electron chi connectivity index (χ2n) is 4.88. The van der Waals surface area contributed by atoms with Gasteiger partial charge in [-0.3, -0.25) is 14.7 Å². The molecule has 1 saturated heterocycles. The number of pyridine rings is 1. The van der Waals surface area contributed by atoms with Crippen LogP contribution in [0.25, 0.3) is 0 Å². The normalized spacial score (nSPS) is 16.8. The standard InChI is InChI=1S/C14H22N4O/c1-2-5-15-12-4-7-16-13(9-12)10-18-8-3-6-17-14(19)11-18/h4,7,9H,2-3,5-6,8,10-11H2,1H3,(H,15,16)(H,17,19). The lowest BCUT2D eigenvalue weighted by Crippen LogP contribution is -2.32. The minimum atomic E-state index is 0.109. The topological polar surface area (TPSA) is 57.3 Å². The molecule has 0 unspecified atom stereocenters. The summed E-state index contributed by atoms with van der Waals surface area (Å²) in [5, 5.41) is 6.24. The molecule has 1 aromatic rings. The molecule has 0 aliphatic carbocycles. The Morgan fingerprint density at radius 1 is 1.53 bits per heavy atom. The SMILES string of the molecule is CCCNc1ccnc(CN2CCCNC(=O)C2)c1. The van der Waals surface area contributed by atoms with Crippen molar-refractivity contribution in [2.45, 2.75) is 26.3 Å². The Hall–Kier alpha value is -1.62. The van der Waals surface area contributed by atoms with Crippen LogP contribution in [0.15, 0.2) is 18.3 Å². The van der Waals surface area contributed by atoms with Crippen LogP contribution in [-0.4, -0.2) is 42.0 Å². The Kier molecular flexibility index (Phi) is 5.15. The van der Waals surface area contributed by atoms with E-state index in [2.05, 4.69) is 33.5 Å². The highest BCUT2D eigenvalue weighted by molar-refractivity contribution is 5.78. The highest BCUT2D eigenvalue weighted by atomic mass is 16.2. The molecule has 2 rings (SSSR count). The van der Waals surface area contributed by atoms with Gasteiger partial charge in [-0.1, -0.05) is 6.92 Å². The van der Waals surface area contributed by atoms with Crippen molar-refractivity contribution in [2.24, 2.45) is 0 Å². The van der Waals surface area contributed by atoms with Crippen molar-refractivity contribution in [1.29, 1.82) is 0 Å². The Morgan fingerprint density at radius 2 is 2.42 bits per heavy atom. The van der Waals surface area contributed by atoms with Crippen molar-refractivity contribution in [1.82, 2.24) is 15.2 Å². The van der Waals surface area contributed by atoms with Gasteiger partial charge < -0.3 is 10.6 Å². The predicted molar refractivity (Wildman–Crippen MR) is 75.9 cm³/mol. The lowest BCUT2D eigenvalue weighted by Gasteiger charge is -2.18. The largest absolute Gasteiger partial charge is 0.385 e. The van der Waals surface area contributed by atoms with E-state index in [1.54, 1.807) is 0 Å². The molecule has 0 radical (unpaired) electrons. The van der Waals surface area contributed by atoms with Crippen LogP contribution < -0.4 is 10.6 Å². The molecule has 19 heavy (non-hydrogen) atoms. The third kappa shape index (κ3) is 4.52. The number of nitrogens with zero attached hydrogens (tertiary/aromatic N) is 2. The summed E-state index contributed by atoms with van der Waals surface area (Å²) in [5.74, 6) is 0.109. The van der Waals surface area contributed by atoms with Crippen LogP contribution in [0.2, 0.25) is 0 Å². The smallest absolute Gasteiger partial charge is 0.234 e. The number of hydrogen-bond acceptors (Lipinski definition) is 4. The van der Waals surface area contributed by atoms with Crippen molar-refractivity contribution < 1.29 is 4.79 Å². The molecular weight excluding hydrogens is 240 g/mol. The Bertz CT molecular complexity index is 422. The van der Waals surface area contributed by atoms with Crippen molar-refractivity contribution in [3.05, 3.63) is 24.0 Å². The van der Waals surface area contributed by atoms with Crippen molar-refractivity contribution in [3.63, 3.8) is 0 Å². The fourth-order valence-electron chi connectivity index (χ4n) is 2.18. The van der Waals surface area contributed by atoms with Gasteiger partial charge in [-0.2, -0.15) is 0 Å². The van der Waals surface area contributed by atoms with Crippen LogP contribution in [0.4, 0.5) is 5.69 Å². The molecule has 2 heterocycles. The molecule has 104 valence electrons. The lowest BCUT2D eigenvalue weighted by atomic mass is 10.2. The van der Waals surface area contributed by atoms with Crippen molar-refractivity contribution in [3.8, 4) is 0 Å². The van der Waals surface area contributed by atoms with E-state index >= 15 is 0 Å². The number of anilines is 1. The summed E-state index contributed by atoms with van der Waals surface area (Å²) in [6, 6.07) is 4.05. The van der Waals surface area contributed by atoms with Crippen LogP contribution in [0.5, 0.6) is 0 Å². The van der Waals surface area contributed by atoms with Crippen molar-refractivity contribution in [2.75, 3.05) is 31.5 Å². The number of aromatic nitrogens is 1. The van der Waals surface area contributed by atoms with E-state index in [9.17, 15) is 4.79 Å². The molecule has 1 fully saturated rings. The molecule has 0 saturated carbocycles. The minimum absolute atomic E-state index is 0.109. The van der Waals surface area contributed by atoms with Gasteiger partial charge in [0.15, 0.2) is 0 Å². The molecular formula is C14H22N4O. The molecule has 5 nitrogen and oxygen atoms in total. The van der Waals surface area contributed by atoms with Gasteiger partial charge in [0.25, 0.3) is 0 Å². The molecule has 0 aromatic carbocycles. The summed E-state index contributed by atoms with van der Waals surface area (Å²) in [6.45, 7) is 6.03. The Morgan fingerprint density at radius 3 is 3.26 bits per heavy atom. The molecule has 2 N–H and O–H groups in total. The maximum Gasteiger partial charge on any atom is 0.234 e. The summed E-state index contributed by atoms with van der Waals surface area (Å²) < 4.78 is 0. The molecule has 1 amide bonds. The average Bonchev–Trinajstić information content (AvgIpc) is 2.61. The van der Waals surface area contributed by atoms with Gasteiger partial charge in [0.2, 0.25) is 5.91 Å². The monoisotopic (exact) mass is 262 g/mol. The van der Waals surface area contributed by atoms with Gasteiger partial charge >= 0.3 is 0 Å². The van der Waals surface area contributed by atoms with E-state index in [1.165, 1.54) is 0 Å². The van der Waals surface area contributed by atoms with Crippen LogP contribution >= 0.6 is 0 Å². The number of amides is 1. The highest BCUT2D eigenvalue weighted by Gasteiger charge is 2.15. The maximum absolute atomic E-state index is 11.5. The van der Waals surface area contributed by atoms with E-state index < -0.39 is 0 Å². The maximum atomic E-state index is 11.5. The second-order valence-corrected chi connectivity index (χ2v) is 4.88. The summed E-state index contributed by atoms with van der Waals surface area (Å²) in [6.07, 6.45) is 3.93. The predicted octanol–water partition coefficient (Wildman–Crippen LogP) is 1.23. The number of rotatable bonds is 5. The van der Waals surface area contributed by atoms with Gasteiger partial charge in [-0.15, -0.1) is 0 Å². The number of nitrogens with one attached hydrogen (secondary N) is 2. The number of carbonyl (C=O) groups excluding carboxylic acids is 1. The fourth-order valence-corrected chi connectivity index (χ4v) is 2.18. The van der Waals surface area contributed by atoms with E-state index in [4.69, 9.17) is 0 Å². The molecule has 0 spiro atoms. The quantitative estimate of drug-likeness (QED) is 0.838.